The van der Waals surface area contributed by atoms with Gasteiger partial charge in [-0.3, -0.25) is 4.79 Å². The van der Waals surface area contributed by atoms with Gasteiger partial charge in [-0.15, -0.1) is 13.2 Å². The second kappa shape index (κ2) is 8.79. The number of anilines is 1. The third-order valence-corrected chi connectivity index (χ3v) is 7.25. The van der Waals surface area contributed by atoms with Gasteiger partial charge in [-0.1, -0.05) is 0 Å². The van der Waals surface area contributed by atoms with E-state index >= 15 is 0 Å². The lowest BCUT2D eigenvalue weighted by Gasteiger charge is -2.41. The number of ether oxygens (including phenoxy) is 2. The first-order chi connectivity index (χ1) is 14.7. The Morgan fingerprint density at radius 3 is 2.52 bits per heavy atom. The van der Waals surface area contributed by atoms with Crippen LogP contribution in [0.1, 0.15) is 64.2 Å². The van der Waals surface area contributed by atoms with Crippen molar-refractivity contribution >= 4 is 11.7 Å². The van der Waals surface area contributed by atoms with E-state index in [1.165, 1.54) is 12.1 Å². The van der Waals surface area contributed by atoms with Gasteiger partial charge in [0.15, 0.2) is 0 Å². The van der Waals surface area contributed by atoms with E-state index in [-0.39, 0.29) is 23.7 Å². The van der Waals surface area contributed by atoms with Crippen molar-refractivity contribution in [1.29, 1.82) is 0 Å². The lowest BCUT2D eigenvalue weighted by molar-refractivity contribution is -0.274. The second-order valence-corrected chi connectivity index (χ2v) is 9.38. The van der Waals surface area contributed by atoms with Gasteiger partial charge in [0.25, 0.3) is 0 Å². The van der Waals surface area contributed by atoms with Crippen molar-refractivity contribution in [2.75, 3.05) is 18.0 Å². The second-order valence-electron chi connectivity index (χ2n) is 9.38. The molecule has 3 fully saturated rings. The Hall–Kier alpha value is -2.12. The average molecular weight is 441 g/mol. The molecule has 1 spiro atoms. The first-order valence-electron chi connectivity index (χ1n) is 11.2. The van der Waals surface area contributed by atoms with Gasteiger partial charge in [-0.05, 0) is 81.3 Å². The van der Waals surface area contributed by atoms with Gasteiger partial charge < -0.3 is 19.5 Å². The monoisotopic (exact) mass is 441 g/mol. The third-order valence-electron chi connectivity index (χ3n) is 7.25. The van der Waals surface area contributed by atoms with Gasteiger partial charge in [-0.25, -0.2) is 0 Å². The van der Waals surface area contributed by atoms with E-state index in [9.17, 15) is 18.0 Å². The smallest absolute Gasteiger partial charge is 0.488 e. The highest BCUT2D eigenvalue weighted by atomic mass is 19.4. The molecule has 1 aliphatic heterocycles. The fourth-order valence-electron chi connectivity index (χ4n) is 5.29. The topological polar surface area (TPSA) is 59.0 Å². The molecule has 1 heterocycles. The van der Waals surface area contributed by atoms with Crippen LogP contribution in [0.3, 0.4) is 0 Å². The molecule has 8 heteroatoms. The summed E-state index contributed by atoms with van der Waals surface area (Å²) < 4.78 is 48.4. The van der Waals surface area contributed by atoms with Gasteiger partial charge in [0.2, 0.25) is 0 Å². The number of halogens is 3. The highest BCUT2D eigenvalue weighted by Crippen LogP contribution is 2.51. The summed E-state index contributed by atoms with van der Waals surface area (Å²) in [6, 6.07) is 4.36. The van der Waals surface area contributed by atoms with Gasteiger partial charge in [0, 0.05) is 25.6 Å². The van der Waals surface area contributed by atoms with Gasteiger partial charge in [0.05, 0.1) is 11.8 Å². The summed E-state index contributed by atoms with van der Waals surface area (Å²) in [6.45, 7) is 1.50. The number of benzene rings is 1. The fraction of sp³-hybridized carbons (Fsp3) is 0.696. The number of rotatable bonds is 7. The summed E-state index contributed by atoms with van der Waals surface area (Å²) >= 11 is 0. The van der Waals surface area contributed by atoms with Crippen LogP contribution in [0.4, 0.5) is 18.9 Å². The van der Waals surface area contributed by atoms with Gasteiger partial charge in [-0.2, -0.15) is 0 Å². The lowest BCUT2D eigenvalue weighted by Crippen LogP contribution is -2.39. The SMILES string of the molecule is O=C(O)CCC1CCC2(CCN(c3cc(OC(F)(F)F)ccc3OC3CCC3)CC2)C1. The first-order valence-corrected chi connectivity index (χ1v) is 11.2. The summed E-state index contributed by atoms with van der Waals surface area (Å²) in [5, 5.41) is 8.94. The van der Waals surface area contributed by atoms with Gasteiger partial charge >= 0.3 is 12.3 Å². The Morgan fingerprint density at radius 1 is 1.16 bits per heavy atom. The Labute approximate surface area is 180 Å². The number of nitrogens with zero attached hydrogens (tertiary/aromatic N) is 1. The van der Waals surface area contributed by atoms with Crippen LogP contribution in [0.15, 0.2) is 18.2 Å². The number of aliphatic carboxylic acids is 1. The molecule has 5 nitrogen and oxygen atoms in total. The number of hydrogen-bond donors (Lipinski definition) is 1. The Kier molecular flexibility index (Phi) is 6.26. The van der Waals surface area contributed by atoms with Crippen LogP contribution in [0, 0.1) is 11.3 Å². The summed E-state index contributed by atoms with van der Waals surface area (Å²) in [5.74, 6) is 0.124. The van der Waals surface area contributed by atoms with E-state index in [2.05, 4.69) is 9.64 Å². The van der Waals surface area contributed by atoms with Crippen molar-refractivity contribution in [1.82, 2.24) is 0 Å². The van der Waals surface area contributed by atoms with Crippen molar-refractivity contribution in [3.05, 3.63) is 18.2 Å². The van der Waals surface area contributed by atoms with Crippen molar-refractivity contribution in [2.24, 2.45) is 11.3 Å². The van der Waals surface area contributed by atoms with Crippen LogP contribution >= 0.6 is 0 Å². The van der Waals surface area contributed by atoms with Crippen molar-refractivity contribution in [2.45, 2.75) is 76.7 Å². The van der Waals surface area contributed by atoms with E-state index in [0.29, 0.717) is 17.4 Å². The molecule has 1 atom stereocenters. The van der Waals surface area contributed by atoms with Crippen LogP contribution in [0.25, 0.3) is 0 Å². The molecule has 172 valence electrons. The molecule has 4 rings (SSSR count). The summed E-state index contributed by atoms with van der Waals surface area (Å²) in [6.07, 6.45) is 4.57. The van der Waals surface area contributed by atoms with Crippen LogP contribution in [-0.4, -0.2) is 36.6 Å². The third kappa shape index (κ3) is 5.57. The molecule has 1 aromatic carbocycles. The van der Waals surface area contributed by atoms with Crippen molar-refractivity contribution in [3.63, 3.8) is 0 Å². The molecule has 3 aliphatic rings. The maximum atomic E-state index is 12.7. The fourth-order valence-corrected chi connectivity index (χ4v) is 5.29. The normalized spacial score (nSPS) is 23.6. The summed E-state index contributed by atoms with van der Waals surface area (Å²) in [4.78, 5) is 13.0. The largest absolute Gasteiger partial charge is 0.573 e. The van der Waals surface area contributed by atoms with Crippen LogP contribution in [0.5, 0.6) is 11.5 Å². The minimum atomic E-state index is -4.73. The molecule has 2 saturated carbocycles. The van der Waals surface area contributed by atoms with Crippen molar-refractivity contribution < 1.29 is 32.5 Å². The lowest BCUT2D eigenvalue weighted by atomic mass is 9.76. The van der Waals surface area contributed by atoms with E-state index in [4.69, 9.17) is 9.84 Å². The highest BCUT2D eigenvalue weighted by molar-refractivity contribution is 5.66. The predicted octanol–water partition coefficient (Wildman–Crippen LogP) is 5.77. The number of piperidine rings is 1. The minimum absolute atomic E-state index is 0.133. The Bertz CT molecular complexity index is 786. The standard InChI is InChI=1S/C23H30F3NO4/c24-23(25,26)31-18-5-6-20(30-17-2-1-3-17)19(14-18)27-12-10-22(11-13-27)9-8-16(15-22)4-7-21(28)29/h5-6,14,16-17H,1-4,7-13,15H2,(H,28,29). The van der Waals surface area contributed by atoms with E-state index in [1.807, 2.05) is 0 Å². The predicted molar refractivity (Wildman–Crippen MR) is 109 cm³/mol. The van der Waals surface area contributed by atoms with Gasteiger partial charge in [0.1, 0.15) is 11.5 Å². The maximum Gasteiger partial charge on any atom is 0.573 e. The first kappa shape index (κ1) is 22.1. The molecular formula is C23H30F3NO4. The van der Waals surface area contributed by atoms with E-state index < -0.39 is 12.3 Å². The molecule has 0 radical (unpaired) electrons. The minimum Gasteiger partial charge on any atom is -0.488 e. The zero-order valence-corrected chi connectivity index (χ0v) is 17.6. The Balaban J connectivity index is 1.43. The molecule has 1 aromatic rings. The summed E-state index contributed by atoms with van der Waals surface area (Å²) in [5.41, 5.74) is 0.901. The van der Waals surface area contributed by atoms with Crippen LogP contribution < -0.4 is 14.4 Å². The summed E-state index contributed by atoms with van der Waals surface area (Å²) in [7, 11) is 0. The number of carbonyl (C=O) groups is 1. The molecule has 0 bridgehead atoms. The molecule has 1 unspecified atom stereocenters. The van der Waals surface area contributed by atoms with E-state index in [0.717, 1.165) is 70.9 Å². The van der Waals surface area contributed by atoms with Crippen LogP contribution in [0.2, 0.25) is 0 Å². The number of carboxylic acid groups (broad SMARTS) is 1. The molecule has 0 aromatic heterocycles. The van der Waals surface area contributed by atoms with E-state index in [1.54, 1.807) is 6.07 Å². The zero-order chi connectivity index (χ0) is 22.1. The Morgan fingerprint density at radius 2 is 1.90 bits per heavy atom. The maximum absolute atomic E-state index is 12.7. The molecule has 1 saturated heterocycles. The number of hydrogen-bond acceptors (Lipinski definition) is 4. The van der Waals surface area contributed by atoms with Crippen LogP contribution in [-0.2, 0) is 4.79 Å². The molecule has 0 amide bonds. The quantitative estimate of drug-likeness (QED) is 0.582. The molecule has 1 N–H and O–H groups in total. The number of carboxylic acids is 1. The van der Waals surface area contributed by atoms with Crippen molar-refractivity contribution in [3.8, 4) is 11.5 Å². The molecular weight excluding hydrogens is 411 g/mol. The zero-order valence-electron chi connectivity index (χ0n) is 17.6. The highest BCUT2D eigenvalue weighted by Gasteiger charge is 2.41. The number of alkyl halides is 3. The molecule has 31 heavy (non-hydrogen) atoms. The molecule has 2 aliphatic carbocycles. The average Bonchev–Trinajstić information content (AvgIpc) is 3.06.